The zero-order chi connectivity index (χ0) is 15.0. The molecule has 0 aliphatic rings. The smallest absolute Gasteiger partial charge is 0.281 e. The molecule has 5 heteroatoms. The number of nitrogens with zero attached hydrogens (tertiary/aromatic N) is 1. The molecule has 0 saturated carbocycles. The van der Waals surface area contributed by atoms with Crippen LogP contribution in [-0.4, -0.2) is 42.7 Å². The molecule has 0 aliphatic heterocycles. The average molecular weight is 297 g/mol. The Labute approximate surface area is 125 Å². The molecule has 1 atom stereocenters. The van der Waals surface area contributed by atoms with Crippen molar-refractivity contribution in [1.29, 1.82) is 0 Å². The maximum Gasteiger partial charge on any atom is 0.281 e. The highest BCUT2D eigenvalue weighted by molar-refractivity contribution is 8.13. The third-order valence-corrected chi connectivity index (χ3v) is 3.66. The molecule has 20 heavy (non-hydrogen) atoms. The van der Waals surface area contributed by atoms with Crippen LogP contribution in [0.3, 0.4) is 0 Å². The number of carbonyl (C=O) groups excluding carboxylic acids is 1. The molecular weight excluding hydrogens is 274 g/mol. The molecule has 0 spiro atoms. The zero-order valence-electron chi connectivity index (χ0n) is 12.6. The van der Waals surface area contributed by atoms with Gasteiger partial charge < -0.3 is 14.4 Å². The number of hydrogen-bond acceptors (Lipinski definition) is 4. The third-order valence-electron chi connectivity index (χ3n) is 2.68. The predicted molar refractivity (Wildman–Crippen MR) is 83.9 cm³/mol. The maximum atomic E-state index is 11.3. The minimum atomic E-state index is 0.0471. The molecule has 0 aromatic heterocycles. The first kappa shape index (κ1) is 16.7. The summed E-state index contributed by atoms with van der Waals surface area (Å²) in [6.07, 6.45) is 1.20. The summed E-state index contributed by atoms with van der Waals surface area (Å²) in [5.74, 6) is 2.28. The number of amides is 1. The van der Waals surface area contributed by atoms with Crippen molar-refractivity contribution in [3.63, 3.8) is 0 Å². The van der Waals surface area contributed by atoms with E-state index in [-0.39, 0.29) is 11.3 Å². The monoisotopic (exact) mass is 297 g/mol. The molecule has 1 amide bonds. The number of rotatable bonds is 7. The molecule has 0 unspecified atom stereocenters. The van der Waals surface area contributed by atoms with Crippen LogP contribution in [0.4, 0.5) is 4.79 Å². The molecule has 1 aromatic rings. The molecule has 0 radical (unpaired) electrons. The summed E-state index contributed by atoms with van der Waals surface area (Å²) in [7, 11) is 3.48. The summed E-state index contributed by atoms with van der Waals surface area (Å²) >= 11 is 1.26. The Hall–Kier alpha value is -1.36. The predicted octanol–water partition coefficient (Wildman–Crippen LogP) is 3.66. The minimum absolute atomic E-state index is 0.0471. The van der Waals surface area contributed by atoms with Gasteiger partial charge in [-0.05, 0) is 37.6 Å². The summed E-state index contributed by atoms with van der Waals surface area (Å²) in [4.78, 5) is 12.9. The SMILES string of the molecule is CC[C@H](C)Oc1ccc(OCCSC(=O)N(C)C)cc1. The Bertz CT molecular complexity index is 406. The lowest BCUT2D eigenvalue weighted by Gasteiger charge is -2.13. The molecule has 0 aliphatic carbocycles. The number of carbonyl (C=O) groups is 1. The highest BCUT2D eigenvalue weighted by Gasteiger charge is 2.04. The fourth-order valence-corrected chi connectivity index (χ4v) is 1.95. The van der Waals surface area contributed by atoms with Gasteiger partial charge >= 0.3 is 0 Å². The first-order chi connectivity index (χ1) is 9.52. The standard InChI is InChI=1S/C15H23NO3S/c1-5-12(2)19-14-8-6-13(7-9-14)18-10-11-20-15(17)16(3)4/h6-9,12H,5,10-11H2,1-4H3/t12-/m0/s1. The van der Waals surface area contributed by atoms with E-state index < -0.39 is 0 Å². The summed E-state index contributed by atoms with van der Waals surface area (Å²) in [6.45, 7) is 4.65. The van der Waals surface area contributed by atoms with Gasteiger partial charge in [0, 0.05) is 19.8 Å². The van der Waals surface area contributed by atoms with E-state index in [9.17, 15) is 4.79 Å². The molecular formula is C15H23NO3S. The van der Waals surface area contributed by atoms with Crippen LogP contribution in [0.25, 0.3) is 0 Å². The molecule has 1 aromatic carbocycles. The minimum Gasteiger partial charge on any atom is -0.493 e. The van der Waals surface area contributed by atoms with Crippen LogP contribution >= 0.6 is 11.8 Å². The highest BCUT2D eigenvalue weighted by Crippen LogP contribution is 2.19. The van der Waals surface area contributed by atoms with Crippen molar-refractivity contribution in [2.75, 3.05) is 26.5 Å². The number of hydrogen-bond donors (Lipinski definition) is 0. The van der Waals surface area contributed by atoms with Gasteiger partial charge in [-0.25, -0.2) is 0 Å². The number of ether oxygens (including phenoxy) is 2. The summed E-state index contributed by atoms with van der Waals surface area (Å²) in [6, 6.07) is 7.57. The quantitative estimate of drug-likeness (QED) is 0.720. The van der Waals surface area contributed by atoms with Crippen LogP contribution in [0.15, 0.2) is 24.3 Å². The van der Waals surface area contributed by atoms with Crippen LogP contribution in [0.2, 0.25) is 0 Å². The Kier molecular flexibility index (Phi) is 7.30. The lowest BCUT2D eigenvalue weighted by molar-refractivity contribution is 0.217. The topological polar surface area (TPSA) is 38.8 Å². The average Bonchev–Trinajstić information content (AvgIpc) is 2.44. The fourth-order valence-electron chi connectivity index (χ4n) is 1.35. The maximum absolute atomic E-state index is 11.3. The molecule has 0 saturated heterocycles. The Morgan fingerprint density at radius 1 is 1.25 bits per heavy atom. The van der Waals surface area contributed by atoms with E-state index in [1.807, 2.05) is 31.2 Å². The van der Waals surface area contributed by atoms with Crippen molar-refractivity contribution in [2.45, 2.75) is 26.4 Å². The van der Waals surface area contributed by atoms with E-state index in [1.165, 1.54) is 11.8 Å². The fraction of sp³-hybridized carbons (Fsp3) is 0.533. The van der Waals surface area contributed by atoms with Gasteiger partial charge in [0.1, 0.15) is 11.5 Å². The van der Waals surface area contributed by atoms with Gasteiger partial charge in [0.25, 0.3) is 5.24 Å². The molecule has 112 valence electrons. The van der Waals surface area contributed by atoms with E-state index in [1.54, 1.807) is 19.0 Å². The van der Waals surface area contributed by atoms with E-state index in [2.05, 4.69) is 6.92 Å². The van der Waals surface area contributed by atoms with Crippen LogP contribution in [0.1, 0.15) is 20.3 Å². The zero-order valence-corrected chi connectivity index (χ0v) is 13.4. The van der Waals surface area contributed by atoms with Crippen molar-refractivity contribution < 1.29 is 14.3 Å². The third kappa shape index (κ3) is 6.19. The van der Waals surface area contributed by atoms with Gasteiger partial charge in [-0.2, -0.15) is 0 Å². The summed E-state index contributed by atoms with van der Waals surface area (Å²) < 4.78 is 11.3. The van der Waals surface area contributed by atoms with Crippen molar-refractivity contribution in [1.82, 2.24) is 4.90 Å². The van der Waals surface area contributed by atoms with Crippen LogP contribution in [0, 0.1) is 0 Å². The molecule has 0 fully saturated rings. The van der Waals surface area contributed by atoms with Crippen molar-refractivity contribution >= 4 is 17.0 Å². The molecule has 0 bridgehead atoms. The van der Waals surface area contributed by atoms with E-state index in [0.29, 0.717) is 12.4 Å². The second kappa shape index (κ2) is 8.74. The number of benzene rings is 1. The normalized spacial score (nSPS) is 11.8. The van der Waals surface area contributed by atoms with Crippen LogP contribution < -0.4 is 9.47 Å². The van der Waals surface area contributed by atoms with Crippen LogP contribution in [0.5, 0.6) is 11.5 Å². The van der Waals surface area contributed by atoms with Gasteiger partial charge in [-0.1, -0.05) is 18.7 Å². The van der Waals surface area contributed by atoms with Gasteiger partial charge in [-0.15, -0.1) is 0 Å². The Morgan fingerprint density at radius 2 is 1.85 bits per heavy atom. The lowest BCUT2D eigenvalue weighted by atomic mass is 10.3. The Balaban J connectivity index is 2.29. The summed E-state index contributed by atoms with van der Waals surface area (Å²) in [5, 5.41) is 0.0471. The Morgan fingerprint density at radius 3 is 2.40 bits per heavy atom. The van der Waals surface area contributed by atoms with Crippen LogP contribution in [-0.2, 0) is 0 Å². The van der Waals surface area contributed by atoms with Gasteiger partial charge in [-0.3, -0.25) is 4.79 Å². The van der Waals surface area contributed by atoms with Crippen molar-refractivity contribution in [3.8, 4) is 11.5 Å². The van der Waals surface area contributed by atoms with E-state index in [4.69, 9.17) is 9.47 Å². The first-order valence-electron chi connectivity index (χ1n) is 6.76. The van der Waals surface area contributed by atoms with Gasteiger partial charge in [0.05, 0.1) is 12.7 Å². The second-order valence-electron chi connectivity index (χ2n) is 4.67. The lowest BCUT2D eigenvalue weighted by Crippen LogP contribution is -2.17. The van der Waals surface area contributed by atoms with Crippen molar-refractivity contribution in [3.05, 3.63) is 24.3 Å². The van der Waals surface area contributed by atoms with Crippen molar-refractivity contribution in [2.24, 2.45) is 0 Å². The molecule has 4 nitrogen and oxygen atoms in total. The summed E-state index contributed by atoms with van der Waals surface area (Å²) in [5.41, 5.74) is 0. The van der Waals surface area contributed by atoms with Gasteiger partial charge in [0.2, 0.25) is 0 Å². The molecule has 0 heterocycles. The number of thioether (sulfide) groups is 1. The van der Waals surface area contributed by atoms with E-state index in [0.717, 1.165) is 17.9 Å². The van der Waals surface area contributed by atoms with Gasteiger partial charge in [0.15, 0.2) is 0 Å². The second-order valence-corrected chi connectivity index (χ2v) is 5.71. The molecule has 1 rings (SSSR count). The largest absolute Gasteiger partial charge is 0.493 e. The highest BCUT2D eigenvalue weighted by atomic mass is 32.2. The first-order valence-corrected chi connectivity index (χ1v) is 7.75. The van der Waals surface area contributed by atoms with E-state index >= 15 is 0 Å². The molecule has 0 N–H and O–H groups in total.